The van der Waals surface area contributed by atoms with Crippen LogP contribution in [0.2, 0.25) is 0 Å². The van der Waals surface area contributed by atoms with E-state index in [-0.39, 0.29) is 11.6 Å². The van der Waals surface area contributed by atoms with E-state index in [2.05, 4.69) is 5.10 Å². The van der Waals surface area contributed by atoms with E-state index < -0.39 is 6.10 Å². The second kappa shape index (κ2) is 3.92. The lowest BCUT2D eigenvalue weighted by Gasteiger charge is -2.17. The van der Waals surface area contributed by atoms with Crippen LogP contribution in [-0.4, -0.2) is 21.0 Å². The Kier molecular flexibility index (Phi) is 2.52. The van der Waals surface area contributed by atoms with Gasteiger partial charge in [-0.25, -0.2) is 4.68 Å². The summed E-state index contributed by atoms with van der Waals surface area (Å²) in [5.41, 5.74) is 0.798. The molecule has 0 saturated heterocycles. The molecule has 0 aliphatic heterocycles. The molecule has 2 heterocycles. The molecular weight excluding hydrogens is 236 g/mol. The second-order valence-electron chi connectivity index (χ2n) is 4.56. The number of aromatic nitrogens is 2. The molecule has 2 atom stereocenters. The third-order valence-corrected chi connectivity index (χ3v) is 4.38. The van der Waals surface area contributed by atoms with Crippen molar-refractivity contribution in [1.29, 1.82) is 0 Å². The largest absolute Gasteiger partial charge is 0.391 e. The molecule has 1 N–H and O–H groups in total. The summed E-state index contributed by atoms with van der Waals surface area (Å²) in [6.45, 7) is 1.91. The van der Waals surface area contributed by atoms with Crippen molar-refractivity contribution >= 4 is 21.4 Å². The van der Waals surface area contributed by atoms with E-state index in [0.29, 0.717) is 0 Å². The molecule has 0 bridgehead atoms. The zero-order valence-electron chi connectivity index (χ0n) is 9.59. The molecule has 2 aromatic rings. The molecule has 5 heteroatoms. The maximum Gasteiger partial charge on any atom is 0.285 e. The first-order chi connectivity index (χ1) is 8.18. The highest BCUT2D eigenvalue weighted by molar-refractivity contribution is 7.17. The zero-order chi connectivity index (χ0) is 12.0. The molecule has 90 valence electrons. The van der Waals surface area contributed by atoms with E-state index in [1.165, 1.54) is 16.0 Å². The Hall–Kier alpha value is -1.20. The molecule has 0 unspecified atom stereocenters. The lowest BCUT2D eigenvalue weighted by atomic mass is 10.2. The van der Waals surface area contributed by atoms with Gasteiger partial charge in [0.15, 0.2) is 0 Å². The van der Waals surface area contributed by atoms with Gasteiger partial charge >= 0.3 is 0 Å². The summed E-state index contributed by atoms with van der Waals surface area (Å²) in [6.07, 6.45) is 2.13. The van der Waals surface area contributed by atoms with Crippen LogP contribution in [-0.2, 0) is 0 Å². The molecule has 3 rings (SSSR count). The van der Waals surface area contributed by atoms with Gasteiger partial charge in [0.05, 0.1) is 17.8 Å². The lowest BCUT2D eigenvalue weighted by molar-refractivity contribution is 0.127. The third kappa shape index (κ3) is 1.61. The molecule has 1 aliphatic carbocycles. The number of fused-ring (bicyclic) bond motifs is 1. The van der Waals surface area contributed by atoms with Crippen LogP contribution < -0.4 is 5.56 Å². The van der Waals surface area contributed by atoms with Crippen LogP contribution in [0.4, 0.5) is 0 Å². The predicted octanol–water partition coefficient (Wildman–Crippen LogP) is 1.85. The Balaban J connectivity index is 2.23. The molecule has 17 heavy (non-hydrogen) atoms. The Morgan fingerprint density at radius 2 is 2.35 bits per heavy atom. The summed E-state index contributed by atoms with van der Waals surface area (Å²) in [5.74, 6) is 0. The van der Waals surface area contributed by atoms with Crippen molar-refractivity contribution in [2.24, 2.45) is 0 Å². The summed E-state index contributed by atoms with van der Waals surface area (Å²) in [6, 6.07) is 1.78. The van der Waals surface area contributed by atoms with Gasteiger partial charge in [0.1, 0.15) is 4.70 Å². The number of aryl methyl sites for hydroxylation is 1. The number of aliphatic hydroxyl groups excluding tert-OH is 1. The van der Waals surface area contributed by atoms with Crippen LogP contribution in [0.3, 0.4) is 0 Å². The molecule has 1 aliphatic rings. The average Bonchev–Trinajstić information content (AvgIpc) is 2.92. The molecule has 2 aromatic heterocycles. The molecule has 0 spiro atoms. The maximum atomic E-state index is 12.3. The minimum atomic E-state index is -0.433. The topological polar surface area (TPSA) is 55.1 Å². The lowest BCUT2D eigenvalue weighted by Crippen LogP contribution is -2.31. The minimum Gasteiger partial charge on any atom is -0.391 e. The molecule has 0 amide bonds. The van der Waals surface area contributed by atoms with Crippen molar-refractivity contribution in [1.82, 2.24) is 9.78 Å². The number of hydrogen-bond acceptors (Lipinski definition) is 4. The van der Waals surface area contributed by atoms with Crippen molar-refractivity contribution in [3.8, 4) is 0 Å². The van der Waals surface area contributed by atoms with E-state index in [1.54, 1.807) is 0 Å². The Bertz CT molecular complexity index is 616. The first-order valence-corrected chi connectivity index (χ1v) is 6.71. The van der Waals surface area contributed by atoms with Gasteiger partial charge in [-0.15, -0.1) is 11.3 Å². The maximum absolute atomic E-state index is 12.3. The summed E-state index contributed by atoms with van der Waals surface area (Å²) in [5, 5.41) is 17.1. The standard InChI is InChI=1S/C12H14N2O2S/c1-7-8-5-6-17-11(8)12(16)14(13-7)9-3-2-4-10(9)15/h5-6,9-10,15H,2-4H2,1H3/t9-,10-/m1/s1. The highest BCUT2D eigenvalue weighted by atomic mass is 32.1. The van der Waals surface area contributed by atoms with Gasteiger partial charge in [0, 0.05) is 5.39 Å². The Labute approximate surface area is 103 Å². The predicted molar refractivity (Wildman–Crippen MR) is 67.5 cm³/mol. The van der Waals surface area contributed by atoms with Gasteiger partial charge in [0.2, 0.25) is 0 Å². The second-order valence-corrected chi connectivity index (χ2v) is 5.48. The summed E-state index contributed by atoms with van der Waals surface area (Å²) >= 11 is 1.45. The Morgan fingerprint density at radius 3 is 3.06 bits per heavy atom. The number of aliphatic hydroxyl groups is 1. The normalized spacial score (nSPS) is 24.6. The van der Waals surface area contributed by atoms with Gasteiger partial charge in [-0.1, -0.05) is 0 Å². The molecular formula is C12H14N2O2S. The number of hydrogen-bond donors (Lipinski definition) is 1. The van der Waals surface area contributed by atoms with Crippen LogP contribution in [0.15, 0.2) is 16.2 Å². The van der Waals surface area contributed by atoms with E-state index >= 15 is 0 Å². The fraction of sp³-hybridized carbons (Fsp3) is 0.500. The van der Waals surface area contributed by atoms with Crippen LogP contribution in [0.5, 0.6) is 0 Å². The molecule has 0 radical (unpaired) electrons. The summed E-state index contributed by atoms with van der Waals surface area (Å²) < 4.78 is 2.24. The number of nitrogens with zero attached hydrogens (tertiary/aromatic N) is 2. The monoisotopic (exact) mass is 250 g/mol. The van der Waals surface area contributed by atoms with Crippen molar-refractivity contribution in [3.05, 3.63) is 27.5 Å². The number of rotatable bonds is 1. The van der Waals surface area contributed by atoms with Gasteiger partial charge in [0.25, 0.3) is 5.56 Å². The van der Waals surface area contributed by atoms with Gasteiger partial charge in [-0.3, -0.25) is 4.79 Å². The van der Waals surface area contributed by atoms with E-state index in [9.17, 15) is 9.90 Å². The highest BCUT2D eigenvalue weighted by Gasteiger charge is 2.29. The minimum absolute atomic E-state index is 0.0634. The summed E-state index contributed by atoms with van der Waals surface area (Å²) in [7, 11) is 0. The molecule has 1 saturated carbocycles. The summed E-state index contributed by atoms with van der Waals surface area (Å²) in [4.78, 5) is 12.3. The average molecular weight is 250 g/mol. The van der Waals surface area contributed by atoms with Crippen molar-refractivity contribution < 1.29 is 5.11 Å². The molecule has 4 nitrogen and oxygen atoms in total. The van der Waals surface area contributed by atoms with E-state index in [0.717, 1.165) is 35.0 Å². The zero-order valence-corrected chi connectivity index (χ0v) is 10.4. The quantitative estimate of drug-likeness (QED) is 0.840. The number of thiophene rings is 1. The smallest absolute Gasteiger partial charge is 0.285 e. The van der Waals surface area contributed by atoms with Crippen LogP contribution in [0.25, 0.3) is 10.1 Å². The van der Waals surface area contributed by atoms with E-state index in [4.69, 9.17) is 0 Å². The molecule has 0 aromatic carbocycles. The SMILES string of the molecule is Cc1nn([C@@H]2CCC[C@H]2O)c(=O)c2sccc12. The first kappa shape index (κ1) is 10.9. The fourth-order valence-corrected chi connectivity index (χ4v) is 3.43. The van der Waals surface area contributed by atoms with Crippen molar-refractivity contribution in [2.75, 3.05) is 0 Å². The Morgan fingerprint density at radius 1 is 1.53 bits per heavy atom. The molecule has 1 fully saturated rings. The third-order valence-electron chi connectivity index (χ3n) is 3.47. The van der Waals surface area contributed by atoms with Crippen LogP contribution in [0.1, 0.15) is 31.0 Å². The van der Waals surface area contributed by atoms with Crippen molar-refractivity contribution in [3.63, 3.8) is 0 Å². The fourth-order valence-electron chi connectivity index (χ4n) is 2.56. The van der Waals surface area contributed by atoms with E-state index in [1.807, 2.05) is 18.4 Å². The van der Waals surface area contributed by atoms with Gasteiger partial charge in [-0.05, 0) is 37.6 Å². The highest BCUT2D eigenvalue weighted by Crippen LogP contribution is 2.29. The van der Waals surface area contributed by atoms with Crippen LogP contribution >= 0.6 is 11.3 Å². The first-order valence-electron chi connectivity index (χ1n) is 5.83. The van der Waals surface area contributed by atoms with Crippen molar-refractivity contribution in [2.45, 2.75) is 38.3 Å². The van der Waals surface area contributed by atoms with Gasteiger partial charge in [-0.2, -0.15) is 5.10 Å². The van der Waals surface area contributed by atoms with Gasteiger partial charge < -0.3 is 5.11 Å². The van der Waals surface area contributed by atoms with Crippen LogP contribution in [0, 0.1) is 6.92 Å².